The van der Waals surface area contributed by atoms with Gasteiger partial charge in [0.2, 0.25) is 5.91 Å². The average Bonchev–Trinajstić information content (AvgIpc) is 3.17. The molecule has 40 heavy (non-hydrogen) atoms. The Morgan fingerprint density at radius 1 is 1.10 bits per heavy atom. The molecule has 4 rings (SSSR count). The SMILES string of the molecule is CC1S/C(=N\N=C\c2ccc(C(N)=NC=Nc3ccc(OC(F)(F)F)cc3)cc2)N(c2c(F)cccc2Cl)C1=O. The Kier molecular flexibility index (Phi) is 8.85. The Morgan fingerprint density at radius 3 is 2.45 bits per heavy atom. The summed E-state index contributed by atoms with van der Waals surface area (Å²) in [6.07, 6.45) is -2.14. The lowest BCUT2D eigenvalue weighted by Gasteiger charge is -2.17. The number of rotatable bonds is 7. The molecule has 2 N–H and O–H groups in total. The van der Waals surface area contributed by atoms with Crippen molar-refractivity contribution in [3.8, 4) is 5.75 Å². The summed E-state index contributed by atoms with van der Waals surface area (Å²) >= 11 is 7.28. The second-order valence-corrected chi connectivity index (χ2v) is 9.77. The van der Waals surface area contributed by atoms with Crippen LogP contribution in [0, 0.1) is 5.82 Å². The van der Waals surface area contributed by atoms with Gasteiger partial charge in [0.15, 0.2) is 5.17 Å². The third kappa shape index (κ3) is 7.24. The number of hydrogen-bond donors (Lipinski definition) is 1. The normalized spacial score (nSPS) is 17.5. The average molecular weight is 591 g/mol. The quantitative estimate of drug-likeness (QED) is 0.151. The number of benzene rings is 3. The Morgan fingerprint density at radius 2 is 1.80 bits per heavy atom. The Hall–Kier alpha value is -4.23. The number of halogens is 5. The number of ether oxygens (including phenoxy) is 1. The van der Waals surface area contributed by atoms with Gasteiger partial charge in [0.25, 0.3) is 0 Å². The summed E-state index contributed by atoms with van der Waals surface area (Å²) in [6.45, 7) is 1.68. The number of carbonyl (C=O) groups is 1. The van der Waals surface area contributed by atoms with E-state index in [4.69, 9.17) is 17.3 Å². The highest BCUT2D eigenvalue weighted by molar-refractivity contribution is 8.16. The molecule has 0 radical (unpaired) electrons. The molecular formula is C26H19ClF4N6O2S. The summed E-state index contributed by atoms with van der Waals surface area (Å²) in [5.74, 6) is -1.22. The van der Waals surface area contributed by atoms with Gasteiger partial charge in [-0.15, -0.1) is 18.3 Å². The first-order valence-electron chi connectivity index (χ1n) is 11.4. The van der Waals surface area contributed by atoms with E-state index in [1.807, 2.05) is 0 Å². The summed E-state index contributed by atoms with van der Waals surface area (Å²) in [5.41, 5.74) is 7.50. The van der Waals surface area contributed by atoms with Crippen LogP contribution in [-0.2, 0) is 4.79 Å². The molecule has 1 aliphatic rings. The summed E-state index contributed by atoms with van der Waals surface area (Å²) in [7, 11) is 0. The standard InChI is InChI=1S/C26H19ClF4N6O2S/c1-15-24(38)37(22-20(27)3-2-4-21(22)28)25(40-15)36-35-13-16-5-7-17(8-6-16)23(32)34-14-33-18-9-11-19(12-10-18)39-26(29,30)31/h2-15H,1H3,(H2,32,33,34)/b35-13+,36-25-. The zero-order valence-corrected chi connectivity index (χ0v) is 22.1. The molecule has 1 aliphatic heterocycles. The van der Waals surface area contributed by atoms with Crippen LogP contribution in [0.1, 0.15) is 18.1 Å². The first kappa shape index (κ1) is 28.8. The van der Waals surface area contributed by atoms with Crippen LogP contribution >= 0.6 is 23.4 Å². The van der Waals surface area contributed by atoms with Crippen LogP contribution in [0.15, 0.2) is 86.9 Å². The van der Waals surface area contributed by atoms with Crippen LogP contribution in [0.5, 0.6) is 5.75 Å². The van der Waals surface area contributed by atoms with Crippen molar-refractivity contribution >= 4 is 64.2 Å². The van der Waals surface area contributed by atoms with Gasteiger partial charge in [0.05, 0.1) is 22.2 Å². The number of amidine groups is 2. The fraction of sp³-hybridized carbons (Fsp3) is 0.115. The largest absolute Gasteiger partial charge is 0.573 e. The molecular weight excluding hydrogens is 572 g/mol. The van der Waals surface area contributed by atoms with E-state index in [9.17, 15) is 22.4 Å². The van der Waals surface area contributed by atoms with E-state index in [1.54, 1.807) is 31.2 Å². The van der Waals surface area contributed by atoms with Gasteiger partial charge in [-0.3, -0.25) is 9.69 Å². The van der Waals surface area contributed by atoms with Crippen molar-refractivity contribution in [2.24, 2.45) is 25.9 Å². The van der Waals surface area contributed by atoms with Gasteiger partial charge in [-0.05, 0) is 48.9 Å². The van der Waals surface area contributed by atoms with Crippen LogP contribution < -0.4 is 15.4 Å². The van der Waals surface area contributed by atoms with Crippen molar-refractivity contribution < 1.29 is 27.1 Å². The lowest BCUT2D eigenvalue weighted by Crippen LogP contribution is -2.32. The molecule has 0 bridgehead atoms. The third-order valence-electron chi connectivity index (χ3n) is 5.23. The minimum Gasteiger partial charge on any atom is -0.406 e. The van der Waals surface area contributed by atoms with Crippen molar-refractivity contribution in [2.75, 3.05) is 4.90 Å². The van der Waals surface area contributed by atoms with Crippen LogP contribution in [0.2, 0.25) is 5.02 Å². The van der Waals surface area contributed by atoms with Crippen LogP contribution in [0.4, 0.5) is 28.9 Å². The van der Waals surface area contributed by atoms with Gasteiger partial charge < -0.3 is 10.5 Å². The summed E-state index contributed by atoms with van der Waals surface area (Å²) in [4.78, 5) is 21.8. The van der Waals surface area contributed by atoms with Crippen molar-refractivity contribution in [1.82, 2.24) is 0 Å². The Labute approximate surface area is 234 Å². The molecule has 1 unspecified atom stereocenters. The second-order valence-electron chi connectivity index (χ2n) is 8.05. The second kappa shape index (κ2) is 12.3. The lowest BCUT2D eigenvalue weighted by atomic mass is 10.1. The van der Waals surface area contributed by atoms with Gasteiger partial charge in [-0.25, -0.2) is 14.4 Å². The Bertz CT molecular complexity index is 1490. The molecule has 1 atom stereocenters. The van der Waals surface area contributed by atoms with Crippen LogP contribution in [0.25, 0.3) is 0 Å². The maximum atomic E-state index is 14.4. The highest BCUT2D eigenvalue weighted by atomic mass is 35.5. The monoisotopic (exact) mass is 590 g/mol. The van der Waals surface area contributed by atoms with E-state index < -0.39 is 17.4 Å². The molecule has 0 aromatic heterocycles. The zero-order valence-electron chi connectivity index (χ0n) is 20.5. The highest BCUT2D eigenvalue weighted by Gasteiger charge is 2.38. The number of nitrogens with zero attached hydrogens (tertiary/aromatic N) is 5. The number of carbonyl (C=O) groups excluding carboxylic acids is 1. The summed E-state index contributed by atoms with van der Waals surface area (Å²) in [6, 6.07) is 15.9. The van der Waals surface area contributed by atoms with Crippen molar-refractivity contribution in [3.05, 3.63) is 88.7 Å². The number of anilines is 1. The topological polar surface area (TPSA) is 105 Å². The first-order chi connectivity index (χ1) is 19.0. The molecule has 1 amide bonds. The Balaban J connectivity index is 1.41. The van der Waals surface area contributed by atoms with Crippen molar-refractivity contribution in [1.29, 1.82) is 0 Å². The number of thioether (sulfide) groups is 1. The summed E-state index contributed by atoms with van der Waals surface area (Å²) < 4.78 is 55.0. The first-order valence-corrected chi connectivity index (χ1v) is 12.7. The highest BCUT2D eigenvalue weighted by Crippen LogP contribution is 2.37. The van der Waals surface area contributed by atoms with E-state index in [2.05, 4.69) is 24.9 Å². The molecule has 206 valence electrons. The van der Waals surface area contributed by atoms with Gasteiger partial charge in [-0.1, -0.05) is 53.7 Å². The number of nitrogens with two attached hydrogens (primary N) is 1. The molecule has 3 aromatic rings. The predicted molar refractivity (Wildman–Crippen MR) is 149 cm³/mol. The minimum absolute atomic E-state index is 0.0740. The predicted octanol–water partition coefficient (Wildman–Crippen LogP) is 6.30. The molecule has 1 heterocycles. The fourth-order valence-corrected chi connectivity index (χ4v) is 4.52. The number of amides is 1. The molecule has 1 fully saturated rings. The van der Waals surface area contributed by atoms with Crippen LogP contribution in [0.3, 0.4) is 0 Å². The van der Waals surface area contributed by atoms with Gasteiger partial charge in [-0.2, -0.15) is 5.10 Å². The molecule has 8 nitrogen and oxygen atoms in total. The van der Waals surface area contributed by atoms with E-state index in [0.717, 1.165) is 28.8 Å². The molecule has 0 aliphatic carbocycles. The maximum absolute atomic E-state index is 14.4. The van der Waals surface area contributed by atoms with Crippen LogP contribution in [-0.4, -0.2) is 41.1 Å². The minimum atomic E-state index is -4.77. The molecule has 0 spiro atoms. The maximum Gasteiger partial charge on any atom is 0.573 e. The van der Waals surface area contributed by atoms with Gasteiger partial charge in [0.1, 0.15) is 29.4 Å². The zero-order chi connectivity index (χ0) is 28.9. The third-order valence-corrected chi connectivity index (χ3v) is 6.57. The lowest BCUT2D eigenvalue weighted by molar-refractivity contribution is -0.274. The number of aliphatic imine (C=N–C) groups is 2. The molecule has 14 heteroatoms. The van der Waals surface area contributed by atoms with E-state index >= 15 is 0 Å². The molecule has 1 saturated heterocycles. The summed E-state index contributed by atoms with van der Waals surface area (Å²) in [5, 5.41) is 7.93. The number of alkyl halides is 3. The van der Waals surface area contributed by atoms with Gasteiger partial charge in [0, 0.05) is 5.56 Å². The van der Waals surface area contributed by atoms with Crippen molar-refractivity contribution in [3.63, 3.8) is 0 Å². The molecule has 0 saturated carbocycles. The smallest absolute Gasteiger partial charge is 0.406 e. The van der Waals surface area contributed by atoms with Crippen molar-refractivity contribution in [2.45, 2.75) is 18.5 Å². The fourth-order valence-electron chi connectivity index (χ4n) is 3.37. The van der Waals surface area contributed by atoms with E-state index in [-0.39, 0.29) is 33.4 Å². The van der Waals surface area contributed by atoms with E-state index in [1.165, 1.54) is 42.9 Å². The molecule has 3 aromatic carbocycles. The number of para-hydroxylation sites is 1. The van der Waals surface area contributed by atoms with Gasteiger partial charge >= 0.3 is 6.36 Å². The van der Waals surface area contributed by atoms with E-state index in [0.29, 0.717) is 16.8 Å². The number of hydrogen-bond acceptors (Lipinski definition) is 6.